The lowest BCUT2D eigenvalue weighted by molar-refractivity contribution is -0.128. The number of amides is 1. The molecule has 0 saturated carbocycles. The third-order valence-electron chi connectivity index (χ3n) is 4.92. The Bertz CT molecular complexity index is 339. The molecule has 4 nitrogen and oxygen atoms in total. The van der Waals surface area contributed by atoms with E-state index >= 15 is 0 Å². The Morgan fingerprint density at radius 1 is 1.19 bits per heavy atom. The van der Waals surface area contributed by atoms with E-state index in [0.29, 0.717) is 6.04 Å². The van der Waals surface area contributed by atoms with Crippen LogP contribution in [0.1, 0.15) is 26.7 Å². The second kappa shape index (κ2) is 8.39. The number of thioether (sulfide) groups is 1. The van der Waals surface area contributed by atoms with Crippen molar-refractivity contribution in [2.45, 2.75) is 32.7 Å². The van der Waals surface area contributed by atoms with Gasteiger partial charge in [-0.15, -0.1) is 0 Å². The summed E-state index contributed by atoms with van der Waals surface area (Å²) in [6.45, 7) is 11.8. The van der Waals surface area contributed by atoms with Crippen LogP contribution in [0.2, 0.25) is 0 Å². The molecule has 2 fully saturated rings. The van der Waals surface area contributed by atoms with Gasteiger partial charge in [-0.1, -0.05) is 6.92 Å². The lowest BCUT2D eigenvalue weighted by Gasteiger charge is -2.30. The van der Waals surface area contributed by atoms with Crippen molar-refractivity contribution in [3.8, 4) is 0 Å². The van der Waals surface area contributed by atoms with E-state index < -0.39 is 0 Å². The molecule has 0 aliphatic carbocycles. The summed E-state index contributed by atoms with van der Waals surface area (Å²) in [5.41, 5.74) is 0. The lowest BCUT2D eigenvalue weighted by Crippen LogP contribution is -2.43. The highest BCUT2D eigenvalue weighted by molar-refractivity contribution is 7.98. The summed E-state index contributed by atoms with van der Waals surface area (Å²) in [6, 6.07) is 0.686. The number of rotatable bonds is 5. The molecule has 2 aliphatic rings. The molecule has 2 unspecified atom stereocenters. The molecule has 2 aliphatic heterocycles. The lowest BCUT2D eigenvalue weighted by atomic mass is 10.0. The van der Waals surface area contributed by atoms with Crippen LogP contribution in [0.4, 0.5) is 0 Å². The Hall–Kier alpha value is -0.260. The Labute approximate surface area is 134 Å². The smallest absolute Gasteiger partial charge is 0.219 e. The molecule has 1 amide bonds. The molecule has 0 aromatic carbocycles. The van der Waals surface area contributed by atoms with Crippen molar-refractivity contribution in [2.24, 2.45) is 5.92 Å². The molecule has 0 aromatic rings. The molecule has 0 aromatic heterocycles. The average Bonchev–Trinajstić information content (AvgIpc) is 2.67. The Morgan fingerprint density at radius 2 is 2.00 bits per heavy atom. The fourth-order valence-corrected chi connectivity index (χ4v) is 4.14. The van der Waals surface area contributed by atoms with E-state index in [-0.39, 0.29) is 5.91 Å². The molecule has 0 bridgehead atoms. The summed E-state index contributed by atoms with van der Waals surface area (Å²) >= 11 is 1.95. The van der Waals surface area contributed by atoms with Gasteiger partial charge in [0.2, 0.25) is 5.91 Å². The van der Waals surface area contributed by atoms with Gasteiger partial charge in [-0.3, -0.25) is 9.69 Å². The van der Waals surface area contributed by atoms with Crippen molar-refractivity contribution in [3.63, 3.8) is 0 Å². The van der Waals surface area contributed by atoms with E-state index in [1.807, 2.05) is 16.7 Å². The van der Waals surface area contributed by atoms with Crippen LogP contribution < -0.4 is 0 Å². The van der Waals surface area contributed by atoms with Crippen molar-refractivity contribution >= 4 is 17.7 Å². The van der Waals surface area contributed by atoms with E-state index in [0.717, 1.165) is 38.5 Å². The second-order valence-corrected chi connectivity index (χ2v) is 7.53. The molecule has 5 heteroatoms. The maximum atomic E-state index is 11.5. The zero-order chi connectivity index (χ0) is 15.2. The maximum absolute atomic E-state index is 11.5. The van der Waals surface area contributed by atoms with Crippen LogP contribution in [0.3, 0.4) is 0 Å². The highest BCUT2D eigenvalue weighted by Gasteiger charge is 2.34. The first-order chi connectivity index (χ1) is 10.1. The number of nitrogens with zero attached hydrogens (tertiary/aromatic N) is 3. The summed E-state index contributed by atoms with van der Waals surface area (Å²) in [6.07, 6.45) is 4.61. The fraction of sp³-hybridized carbons (Fsp3) is 0.938. The van der Waals surface area contributed by atoms with Crippen molar-refractivity contribution in [1.82, 2.24) is 14.7 Å². The molecule has 0 radical (unpaired) electrons. The minimum absolute atomic E-state index is 0.231. The molecular formula is C16H31N3OS. The molecular weight excluding hydrogens is 282 g/mol. The number of likely N-dealkylation sites (tertiary alicyclic amines) is 1. The minimum atomic E-state index is 0.231. The zero-order valence-corrected chi connectivity index (χ0v) is 14.7. The monoisotopic (exact) mass is 313 g/mol. The van der Waals surface area contributed by atoms with Crippen LogP contribution in [0.5, 0.6) is 0 Å². The van der Waals surface area contributed by atoms with Crippen LogP contribution in [0.15, 0.2) is 0 Å². The highest BCUT2D eigenvalue weighted by atomic mass is 32.2. The fourth-order valence-electron chi connectivity index (χ4n) is 3.72. The standard InChI is InChI=1S/C16H31N3OS/c1-14-12-17(6-5-11-21-3)13-16(14)19-8-4-7-18(9-10-19)15(2)20/h14,16H,4-13H2,1-3H3. The van der Waals surface area contributed by atoms with Gasteiger partial charge in [-0.2, -0.15) is 11.8 Å². The number of carbonyl (C=O) groups is 1. The van der Waals surface area contributed by atoms with Crippen LogP contribution in [0, 0.1) is 5.92 Å². The van der Waals surface area contributed by atoms with Gasteiger partial charge in [0, 0.05) is 52.2 Å². The second-order valence-electron chi connectivity index (χ2n) is 6.55. The predicted octanol–water partition coefficient (Wildman–Crippen LogP) is 1.61. The van der Waals surface area contributed by atoms with Crippen LogP contribution >= 0.6 is 11.8 Å². The molecule has 2 heterocycles. The van der Waals surface area contributed by atoms with E-state index in [1.165, 1.54) is 31.8 Å². The SMILES string of the molecule is CSCCCN1CC(C)C(N2CCCN(C(C)=O)CC2)C1. The van der Waals surface area contributed by atoms with Gasteiger partial charge < -0.3 is 9.80 Å². The Balaban J connectivity index is 1.82. The van der Waals surface area contributed by atoms with Crippen LogP contribution in [-0.4, -0.2) is 84.5 Å². The third kappa shape index (κ3) is 4.86. The van der Waals surface area contributed by atoms with Gasteiger partial charge >= 0.3 is 0 Å². The summed E-state index contributed by atoms with van der Waals surface area (Å²) in [7, 11) is 0. The van der Waals surface area contributed by atoms with Crippen molar-refractivity contribution < 1.29 is 4.79 Å². The van der Waals surface area contributed by atoms with Crippen LogP contribution in [0.25, 0.3) is 0 Å². The molecule has 0 spiro atoms. The number of hydrogen-bond acceptors (Lipinski definition) is 4. The quantitative estimate of drug-likeness (QED) is 0.721. The van der Waals surface area contributed by atoms with Crippen molar-refractivity contribution in [1.29, 1.82) is 0 Å². The normalized spacial score (nSPS) is 28.8. The van der Waals surface area contributed by atoms with Crippen molar-refractivity contribution in [2.75, 3.05) is 57.8 Å². The highest BCUT2D eigenvalue weighted by Crippen LogP contribution is 2.23. The number of hydrogen-bond donors (Lipinski definition) is 0. The van der Waals surface area contributed by atoms with E-state index in [1.54, 1.807) is 6.92 Å². The Morgan fingerprint density at radius 3 is 2.71 bits per heavy atom. The van der Waals surface area contributed by atoms with Gasteiger partial charge in [-0.25, -0.2) is 0 Å². The predicted molar refractivity (Wildman–Crippen MR) is 90.8 cm³/mol. The molecule has 0 N–H and O–H groups in total. The topological polar surface area (TPSA) is 26.8 Å². The summed E-state index contributed by atoms with van der Waals surface area (Å²) in [5, 5.41) is 0. The van der Waals surface area contributed by atoms with Crippen molar-refractivity contribution in [3.05, 3.63) is 0 Å². The summed E-state index contributed by atoms with van der Waals surface area (Å²) < 4.78 is 0. The largest absolute Gasteiger partial charge is 0.342 e. The molecule has 2 saturated heterocycles. The average molecular weight is 314 g/mol. The summed E-state index contributed by atoms with van der Waals surface area (Å²) in [5.74, 6) is 2.26. The van der Waals surface area contributed by atoms with Gasteiger partial charge in [0.1, 0.15) is 0 Å². The van der Waals surface area contributed by atoms with E-state index in [4.69, 9.17) is 0 Å². The van der Waals surface area contributed by atoms with Crippen LogP contribution in [-0.2, 0) is 4.79 Å². The molecule has 122 valence electrons. The number of carbonyl (C=O) groups excluding carboxylic acids is 1. The molecule has 2 rings (SSSR count). The van der Waals surface area contributed by atoms with Gasteiger partial charge in [0.15, 0.2) is 0 Å². The van der Waals surface area contributed by atoms with Gasteiger partial charge in [-0.05, 0) is 37.3 Å². The third-order valence-corrected chi connectivity index (χ3v) is 5.61. The van der Waals surface area contributed by atoms with E-state index in [9.17, 15) is 4.79 Å². The van der Waals surface area contributed by atoms with E-state index in [2.05, 4.69) is 23.0 Å². The van der Waals surface area contributed by atoms with Gasteiger partial charge in [0.25, 0.3) is 0 Å². The maximum Gasteiger partial charge on any atom is 0.219 e. The molecule has 2 atom stereocenters. The molecule has 21 heavy (non-hydrogen) atoms. The first-order valence-corrected chi connectivity index (χ1v) is 9.72. The Kier molecular flexibility index (Phi) is 6.83. The van der Waals surface area contributed by atoms with Gasteiger partial charge in [0.05, 0.1) is 0 Å². The first-order valence-electron chi connectivity index (χ1n) is 8.32. The summed E-state index contributed by atoms with van der Waals surface area (Å²) in [4.78, 5) is 18.8. The zero-order valence-electron chi connectivity index (χ0n) is 13.9. The minimum Gasteiger partial charge on any atom is -0.342 e. The first kappa shape index (κ1) is 17.1.